The molecule has 1 saturated heterocycles. The molecule has 27 heavy (non-hydrogen) atoms. The molecule has 0 atom stereocenters. The fraction of sp³-hybridized carbons (Fsp3) is 0.579. The minimum atomic E-state index is -0.744. The number of esters is 1. The first-order valence-corrected chi connectivity index (χ1v) is 9.24. The molecule has 0 unspecified atom stereocenters. The van der Waals surface area contributed by atoms with Crippen LogP contribution in [0.2, 0.25) is 0 Å². The predicted molar refractivity (Wildman–Crippen MR) is 102 cm³/mol. The van der Waals surface area contributed by atoms with Crippen molar-refractivity contribution >= 4 is 23.3 Å². The highest BCUT2D eigenvalue weighted by molar-refractivity contribution is 5.93. The molecule has 0 aromatic heterocycles. The molecule has 1 aliphatic heterocycles. The fourth-order valence-corrected chi connectivity index (χ4v) is 3.48. The van der Waals surface area contributed by atoms with Crippen LogP contribution in [0.15, 0.2) is 18.2 Å². The number of nitrogens with zero attached hydrogens (tertiary/aromatic N) is 3. The van der Waals surface area contributed by atoms with Crippen molar-refractivity contribution in [2.75, 3.05) is 24.6 Å². The molecule has 1 aromatic carbocycles. The largest absolute Gasteiger partial charge is 0.452 e. The van der Waals surface area contributed by atoms with Crippen LogP contribution in [0.3, 0.4) is 0 Å². The Balaban J connectivity index is 2.11. The third kappa shape index (κ3) is 4.96. The molecule has 0 bridgehead atoms. The van der Waals surface area contributed by atoms with Crippen molar-refractivity contribution in [2.45, 2.75) is 52.6 Å². The zero-order valence-corrected chi connectivity index (χ0v) is 16.3. The third-order valence-corrected chi connectivity index (χ3v) is 4.58. The van der Waals surface area contributed by atoms with Gasteiger partial charge in [0.25, 0.3) is 11.6 Å². The average molecular weight is 377 g/mol. The van der Waals surface area contributed by atoms with Crippen LogP contribution in [-0.2, 0) is 9.53 Å². The van der Waals surface area contributed by atoms with E-state index >= 15 is 0 Å². The standard InChI is InChI=1S/C19H27N3O5/c1-13(2)21(14(3)4)18(23)12-27-19(24)15-7-8-16(17(11-15)22(25)26)20-9-5-6-10-20/h7-8,11,13-14H,5-6,9-10,12H2,1-4H3. The molecule has 0 saturated carbocycles. The number of nitro benzene ring substituents is 1. The second-order valence-corrected chi connectivity index (χ2v) is 7.22. The molecule has 148 valence electrons. The number of ether oxygens (including phenoxy) is 1. The molecular formula is C19H27N3O5. The molecule has 8 heteroatoms. The zero-order chi connectivity index (χ0) is 20.1. The highest BCUT2D eigenvalue weighted by atomic mass is 16.6. The molecule has 0 spiro atoms. The van der Waals surface area contributed by atoms with Gasteiger partial charge in [-0.3, -0.25) is 14.9 Å². The van der Waals surface area contributed by atoms with Gasteiger partial charge in [-0.15, -0.1) is 0 Å². The Bertz CT molecular complexity index is 703. The lowest BCUT2D eigenvalue weighted by molar-refractivity contribution is -0.384. The van der Waals surface area contributed by atoms with Gasteiger partial charge in [0.2, 0.25) is 0 Å². The smallest absolute Gasteiger partial charge is 0.338 e. The Labute approximate surface area is 159 Å². The maximum Gasteiger partial charge on any atom is 0.338 e. The lowest BCUT2D eigenvalue weighted by Gasteiger charge is -2.30. The monoisotopic (exact) mass is 377 g/mol. The van der Waals surface area contributed by atoms with Gasteiger partial charge in [-0.25, -0.2) is 4.79 Å². The van der Waals surface area contributed by atoms with Crippen molar-refractivity contribution in [3.63, 3.8) is 0 Å². The van der Waals surface area contributed by atoms with Crippen molar-refractivity contribution in [1.29, 1.82) is 0 Å². The number of anilines is 1. The highest BCUT2D eigenvalue weighted by Crippen LogP contribution is 2.31. The maximum absolute atomic E-state index is 12.3. The summed E-state index contributed by atoms with van der Waals surface area (Å²) >= 11 is 0. The van der Waals surface area contributed by atoms with E-state index < -0.39 is 17.5 Å². The van der Waals surface area contributed by atoms with Crippen LogP contribution >= 0.6 is 0 Å². The van der Waals surface area contributed by atoms with Gasteiger partial charge in [0.05, 0.1) is 10.5 Å². The van der Waals surface area contributed by atoms with E-state index in [1.807, 2.05) is 32.6 Å². The number of carbonyl (C=O) groups is 2. The van der Waals surface area contributed by atoms with E-state index in [2.05, 4.69) is 0 Å². The number of rotatable bonds is 7. The molecule has 1 aromatic rings. The molecule has 2 rings (SSSR count). The van der Waals surface area contributed by atoms with E-state index in [9.17, 15) is 19.7 Å². The van der Waals surface area contributed by atoms with Crippen LogP contribution < -0.4 is 4.90 Å². The Hall–Kier alpha value is -2.64. The number of hydrogen-bond donors (Lipinski definition) is 0. The van der Waals surface area contributed by atoms with Crippen LogP contribution in [0.5, 0.6) is 0 Å². The maximum atomic E-state index is 12.3. The molecule has 1 fully saturated rings. The summed E-state index contributed by atoms with van der Waals surface area (Å²) in [7, 11) is 0. The van der Waals surface area contributed by atoms with E-state index in [-0.39, 0.29) is 29.2 Å². The summed E-state index contributed by atoms with van der Waals surface area (Å²) in [5, 5.41) is 11.4. The predicted octanol–water partition coefficient (Wildman–Crippen LogP) is 3.00. The van der Waals surface area contributed by atoms with Crippen LogP contribution in [0, 0.1) is 10.1 Å². The lowest BCUT2D eigenvalue weighted by atomic mass is 10.1. The minimum absolute atomic E-state index is 0.0166. The van der Waals surface area contributed by atoms with Gasteiger partial charge in [-0.1, -0.05) is 0 Å². The topological polar surface area (TPSA) is 93.0 Å². The molecule has 1 heterocycles. The van der Waals surface area contributed by atoms with Crippen LogP contribution in [0.4, 0.5) is 11.4 Å². The summed E-state index contributed by atoms with van der Waals surface area (Å²) < 4.78 is 5.10. The van der Waals surface area contributed by atoms with Gasteiger partial charge < -0.3 is 14.5 Å². The SMILES string of the molecule is CC(C)N(C(=O)COC(=O)c1ccc(N2CCCC2)c([N+](=O)[O-])c1)C(C)C. The number of carbonyl (C=O) groups excluding carboxylic acids is 2. The molecule has 0 N–H and O–H groups in total. The van der Waals surface area contributed by atoms with Crippen molar-refractivity contribution in [3.05, 3.63) is 33.9 Å². The molecule has 1 aliphatic rings. The van der Waals surface area contributed by atoms with E-state index in [1.165, 1.54) is 12.1 Å². The second kappa shape index (κ2) is 8.83. The highest BCUT2D eigenvalue weighted by Gasteiger charge is 2.25. The van der Waals surface area contributed by atoms with Crippen LogP contribution in [0.1, 0.15) is 50.9 Å². The molecular weight excluding hydrogens is 350 g/mol. The van der Waals surface area contributed by atoms with E-state index in [1.54, 1.807) is 11.0 Å². The number of amides is 1. The van der Waals surface area contributed by atoms with Gasteiger partial charge >= 0.3 is 5.97 Å². The van der Waals surface area contributed by atoms with Crippen LogP contribution in [0.25, 0.3) is 0 Å². The van der Waals surface area contributed by atoms with Gasteiger partial charge in [-0.2, -0.15) is 0 Å². The van der Waals surface area contributed by atoms with Crippen molar-refractivity contribution in [1.82, 2.24) is 4.90 Å². The van der Waals surface area contributed by atoms with E-state index in [0.717, 1.165) is 25.9 Å². The molecule has 0 radical (unpaired) electrons. The Morgan fingerprint density at radius 1 is 1.19 bits per heavy atom. The van der Waals surface area contributed by atoms with Gasteiger partial charge in [0, 0.05) is 31.2 Å². The number of nitro groups is 1. The molecule has 0 aliphatic carbocycles. The summed E-state index contributed by atoms with van der Waals surface area (Å²) in [5.74, 6) is -1.04. The summed E-state index contributed by atoms with van der Waals surface area (Å²) in [4.78, 5) is 39.1. The molecule has 8 nitrogen and oxygen atoms in total. The summed E-state index contributed by atoms with van der Waals surface area (Å²) in [6.07, 6.45) is 1.98. The Morgan fingerprint density at radius 2 is 1.78 bits per heavy atom. The summed E-state index contributed by atoms with van der Waals surface area (Å²) in [6, 6.07) is 4.28. The summed E-state index contributed by atoms with van der Waals surface area (Å²) in [6.45, 7) is 8.69. The van der Waals surface area contributed by atoms with Gasteiger partial charge in [0.1, 0.15) is 5.69 Å². The van der Waals surface area contributed by atoms with Crippen LogP contribution in [-0.4, -0.2) is 53.5 Å². The van der Waals surface area contributed by atoms with Gasteiger partial charge in [-0.05, 0) is 52.7 Å². The van der Waals surface area contributed by atoms with Gasteiger partial charge in [0.15, 0.2) is 6.61 Å². The quantitative estimate of drug-likeness (QED) is 0.412. The Kier molecular flexibility index (Phi) is 6.76. The first-order chi connectivity index (χ1) is 12.7. The van der Waals surface area contributed by atoms with Crippen molar-refractivity contribution in [3.8, 4) is 0 Å². The van der Waals surface area contributed by atoms with Crippen molar-refractivity contribution in [2.24, 2.45) is 0 Å². The van der Waals surface area contributed by atoms with E-state index in [0.29, 0.717) is 5.69 Å². The summed E-state index contributed by atoms with van der Waals surface area (Å²) in [5.41, 5.74) is 0.456. The second-order valence-electron chi connectivity index (χ2n) is 7.22. The molecule has 1 amide bonds. The first-order valence-electron chi connectivity index (χ1n) is 9.24. The fourth-order valence-electron chi connectivity index (χ4n) is 3.48. The minimum Gasteiger partial charge on any atom is -0.452 e. The normalized spacial score (nSPS) is 13.9. The first kappa shape index (κ1) is 20.7. The lowest BCUT2D eigenvalue weighted by Crippen LogP contribution is -2.44. The average Bonchev–Trinajstić information content (AvgIpc) is 3.12. The van der Waals surface area contributed by atoms with Crippen molar-refractivity contribution < 1.29 is 19.2 Å². The Morgan fingerprint density at radius 3 is 2.30 bits per heavy atom. The third-order valence-electron chi connectivity index (χ3n) is 4.58. The van der Waals surface area contributed by atoms with E-state index in [4.69, 9.17) is 4.74 Å². The zero-order valence-electron chi connectivity index (χ0n) is 16.3. The number of hydrogen-bond acceptors (Lipinski definition) is 6. The number of benzene rings is 1.